The molecule has 1 amide bonds. The number of halogens is 1. The largest absolute Gasteiger partial charge is 0.324 e. The van der Waals surface area contributed by atoms with E-state index >= 15 is 0 Å². The molecule has 0 aliphatic carbocycles. The van der Waals surface area contributed by atoms with E-state index in [-0.39, 0.29) is 29.0 Å². The van der Waals surface area contributed by atoms with Gasteiger partial charge in [-0.3, -0.25) is 4.79 Å². The third-order valence-corrected chi connectivity index (χ3v) is 9.37. The summed E-state index contributed by atoms with van der Waals surface area (Å²) in [6.45, 7) is 4.54. The summed E-state index contributed by atoms with van der Waals surface area (Å²) >= 11 is 8.91. The molecule has 2 aromatic carbocycles. The molecule has 1 aliphatic heterocycles. The number of benzene rings is 2. The minimum Gasteiger partial charge on any atom is -0.324 e. The number of aromatic nitrogens is 1. The molecule has 1 saturated heterocycles. The van der Waals surface area contributed by atoms with Crippen LogP contribution in [-0.4, -0.2) is 53.5 Å². The van der Waals surface area contributed by atoms with Gasteiger partial charge in [0.1, 0.15) is 6.17 Å². The summed E-state index contributed by atoms with van der Waals surface area (Å²) in [6, 6.07) is 13.9. The van der Waals surface area contributed by atoms with Gasteiger partial charge in [-0.15, -0.1) is 11.3 Å². The predicted molar refractivity (Wildman–Crippen MR) is 126 cm³/mol. The van der Waals surface area contributed by atoms with Gasteiger partial charge in [0.2, 0.25) is 15.9 Å². The number of fused-ring (bicyclic) bond motifs is 1. The average Bonchev–Trinajstić information content (AvgIpc) is 3.37. The highest BCUT2D eigenvalue weighted by Gasteiger charge is 2.43. The first-order valence-electron chi connectivity index (χ1n) is 9.82. The van der Waals surface area contributed by atoms with Crippen molar-refractivity contribution in [3.63, 3.8) is 0 Å². The Balaban J connectivity index is 1.49. The van der Waals surface area contributed by atoms with Gasteiger partial charge in [-0.2, -0.15) is 4.31 Å². The molecule has 10 heteroatoms. The lowest BCUT2D eigenvalue weighted by atomic mass is 10.1. The number of thiazole rings is 1. The molecule has 6 nitrogen and oxygen atoms in total. The fourth-order valence-corrected chi connectivity index (χ4v) is 7.57. The molecule has 4 rings (SSSR count). The fraction of sp³-hybridized carbons (Fsp3) is 0.333. The van der Waals surface area contributed by atoms with Crippen molar-refractivity contribution in [2.45, 2.75) is 29.2 Å². The minimum atomic E-state index is -3.68. The lowest BCUT2D eigenvalue weighted by molar-refractivity contribution is -0.130. The van der Waals surface area contributed by atoms with Crippen LogP contribution in [0.3, 0.4) is 0 Å². The number of carbonyl (C=O) groups excluding carboxylic acids is 1. The maximum absolute atomic E-state index is 13.2. The summed E-state index contributed by atoms with van der Waals surface area (Å²) < 4.78 is 29.6. The van der Waals surface area contributed by atoms with E-state index in [1.807, 2.05) is 26.0 Å². The Hall–Kier alpha value is -1.65. The monoisotopic (exact) mass is 495 g/mol. The van der Waals surface area contributed by atoms with E-state index in [0.29, 0.717) is 11.6 Å². The van der Waals surface area contributed by atoms with E-state index in [2.05, 4.69) is 4.98 Å². The molecule has 0 N–H and O–H groups in total. The van der Waals surface area contributed by atoms with E-state index in [1.54, 1.807) is 41.3 Å². The van der Waals surface area contributed by atoms with Crippen molar-refractivity contribution in [3.05, 3.63) is 53.6 Å². The van der Waals surface area contributed by atoms with Crippen LogP contribution < -0.4 is 0 Å². The zero-order chi connectivity index (χ0) is 22.2. The molecule has 0 spiro atoms. The van der Waals surface area contributed by atoms with E-state index in [4.69, 9.17) is 11.6 Å². The Bertz CT molecular complexity index is 1200. The standard InChI is InChI=1S/C21H22ClN3O3S3/c1-14(2)20-24(10-11-25(20)31(27,28)16-6-4-3-5-7-16)19(26)13-29-21-23-17-12-15(22)8-9-18(17)30-21/h3-9,12,14,20H,10-11,13H2,1-2H3/t20-/m1/s1. The molecule has 1 fully saturated rings. The van der Waals surface area contributed by atoms with Crippen LogP contribution in [-0.2, 0) is 14.8 Å². The summed E-state index contributed by atoms with van der Waals surface area (Å²) in [4.78, 5) is 19.5. The van der Waals surface area contributed by atoms with Crippen molar-refractivity contribution >= 4 is 60.8 Å². The Kier molecular flexibility index (Phi) is 6.60. The van der Waals surface area contributed by atoms with Crippen LogP contribution in [0.4, 0.5) is 0 Å². The summed E-state index contributed by atoms with van der Waals surface area (Å²) in [7, 11) is -3.68. The number of hydrogen-bond acceptors (Lipinski definition) is 6. The Morgan fingerprint density at radius 2 is 1.97 bits per heavy atom. The van der Waals surface area contributed by atoms with E-state index < -0.39 is 16.2 Å². The van der Waals surface area contributed by atoms with Crippen molar-refractivity contribution in [2.75, 3.05) is 18.8 Å². The van der Waals surface area contributed by atoms with Gasteiger partial charge in [-0.1, -0.05) is 55.4 Å². The second-order valence-electron chi connectivity index (χ2n) is 7.55. The van der Waals surface area contributed by atoms with Crippen molar-refractivity contribution in [1.29, 1.82) is 0 Å². The zero-order valence-corrected chi connectivity index (χ0v) is 20.3. The minimum absolute atomic E-state index is 0.0421. The van der Waals surface area contributed by atoms with Gasteiger partial charge < -0.3 is 4.90 Å². The van der Waals surface area contributed by atoms with Gasteiger partial charge in [0.25, 0.3) is 0 Å². The van der Waals surface area contributed by atoms with Crippen molar-refractivity contribution in [3.8, 4) is 0 Å². The van der Waals surface area contributed by atoms with Crippen LogP contribution in [0.25, 0.3) is 10.2 Å². The molecule has 0 unspecified atom stereocenters. The number of hydrogen-bond donors (Lipinski definition) is 0. The molecule has 1 aromatic heterocycles. The van der Waals surface area contributed by atoms with Gasteiger partial charge >= 0.3 is 0 Å². The SMILES string of the molecule is CC(C)[C@@H]1N(C(=O)CSc2nc3cc(Cl)ccc3s2)CCN1S(=O)(=O)c1ccccc1. The van der Waals surface area contributed by atoms with Crippen molar-refractivity contribution in [2.24, 2.45) is 5.92 Å². The average molecular weight is 496 g/mol. The molecule has 0 bridgehead atoms. The third kappa shape index (κ3) is 4.61. The molecule has 0 saturated carbocycles. The fourth-order valence-electron chi connectivity index (χ4n) is 3.73. The number of rotatable bonds is 6. The van der Waals surface area contributed by atoms with Gasteiger partial charge in [0.15, 0.2) is 4.34 Å². The zero-order valence-electron chi connectivity index (χ0n) is 17.1. The van der Waals surface area contributed by atoms with Crippen LogP contribution in [0, 0.1) is 5.92 Å². The quantitative estimate of drug-likeness (QED) is 0.469. The maximum Gasteiger partial charge on any atom is 0.244 e. The lowest BCUT2D eigenvalue weighted by Crippen LogP contribution is -2.48. The Morgan fingerprint density at radius 1 is 1.23 bits per heavy atom. The number of amides is 1. The van der Waals surface area contributed by atoms with Crippen LogP contribution in [0.2, 0.25) is 5.02 Å². The second-order valence-corrected chi connectivity index (χ2v) is 12.1. The molecule has 1 aliphatic rings. The summed E-state index contributed by atoms with van der Waals surface area (Å²) in [5, 5.41) is 0.627. The van der Waals surface area contributed by atoms with E-state index in [9.17, 15) is 13.2 Å². The highest BCUT2D eigenvalue weighted by atomic mass is 35.5. The first-order chi connectivity index (χ1) is 14.8. The first kappa shape index (κ1) is 22.5. The van der Waals surface area contributed by atoms with E-state index in [0.717, 1.165) is 14.6 Å². The molecule has 0 radical (unpaired) electrons. The molecular weight excluding hydrogens is 474 g/mol. The molecule has 2 heterocycles. The molecular formula is C21H22ClN3O3S3. The number of nitrogens with zero attached hydrogens (tertiary/aromatic N) is 3. The predicted octanol–water partition coefficient (Wildman–Crippen LogP) is 4.56. The van der Waals surface area contributed by atoms with Gasteiger partial charge in [-0.25, -0.2) is 13.4 Å². The normalized spacial score (nSPS) is 17.7. The van der Waals surface area contributed by atoms with Gasteiger partial charge in [0, 0.05) is 18.1 Å². The number of thioether (sulfide) groups is 1. The van der Waals surface area contributed by atoms with Crippen LogP contribution >= 0.6 is 34.7 Å². The maximum atomic E-state index is 13.2. The highest BCUT2D eigenvalue weighted by Crippen LogP contribution is 2.33. The third-order valence-electron chi connectivity index (χ3n) is 5.09. The Labute approximate surface area is 195 Å². The summed E-state index contributed by atoms with van der Waals surface area (Å²) in [6.07, 6.45) is -0.507. The highest BCUT2D eigenvalue weighted by molar-refractivity contribution is 8.01. The summed E-state index contributed by atoms with van der Waals surface area (Å²) in [5.74, 6) is 0.0713. The lowest BCUT2D eigenvalue weighted by Gasteiger charge is -2.32. The van der Waals surface area contributed by atoms with Crippen molar-refractivity contribution in [1.82, 2.24) is 14.2 Å². The molecule has 3 aromatic rings. The first-order valence-corrected chi connectivity index (χ1v) is 13.4. The second kappa shape index (κ2) is 9.07. The van der Waals surface area contributed by atoms with E-state index in [1.165, 1.54) is 27.4 Å². The topological polar surface area (TPSA) is 70.6 Å². The Morgan fingerprint density at radius 3 is 2.68 bits per heavy atom. The molecule has 1 atom stereocenters. The molecule has 164 valence electrons. The summed E-state index contributed by atoms with van der Waals surface area (Å²) in [5.41, 5.74) is 0.814. The van der Waals surface area contributed by atoms with Crippen molar-refractivity contribution < 1.29 is 13.2 Å². The van der Waals surface area contributed by atoms with Crippen LogP contribution in [0.5, 0.6) is 0 Å². The van der Waals surface area contributed by atoms with Gasteiger partial charge in [-0.05, 0) is 36.2 Å². The van der Waals surface area contributed by atoms with Crippen LogP contribution in [0.15, 0.2) is 57.8 Å². The smallest absolute Gasteiger partial charge is 0.244 e. The molecule has 31 heavy (non-hydrogen) atoms. The van der Waals surface area contributed by atoms with Gasteiger partial charge in [0.05, 0.1) is 20.9 Å². The number of carbonyl (C=O) groups is 1. The van der Waals surface area contributed by atoms with Crippen LogP contribution in [0.1, 0.15) is 13.8 Å². The number of sulfonamides is 1.